The second kappa shape index (κ2) is 6.04. The molecule has 0 aliphatic heterocycles. The summed E-state index contributed by atoms with van der Waals surface area (Å²) >= 11 is 0. The summed E-state index contributed by atoms with van der Waals surface area (Å²) in [5.41, 5.74) is 1.46. The fourth-order valence-electron chi connectivity index (χ4n) is 1.90. The predicted molar refractivity (Wildman–Crippen MR) is 90.1 cm³/mol. The van der Waals surface area contributed by atoms with Gasteiger partial charge >= 0.3 is 0 Å². The molecule has 0 atom stereocenters. The van der Waals surface area contributed by atoms with Gasteiger partial charge in [0.05, 0.1) is 6.26 Å². The van der Waals surface area contributed by atoms with Crippen LogP contribution < -0.4 is 10.0 Å². The highest BCUT2D eigenvalue weighted by Gasteiger charge is 2.17. The van der Waals surface area contributed by atoms with E-state index in [1.165, 1.54) is 6.07 Å². The number of carbonyl (C=O) groups is 1. The summed E-state index contributed by atoms with van der Waals surface area (Å²) < 4.78 is 24.8. The molecule has 8 heteroatoms. The Bertz CT molecular complexity index is 819. The van der Waals surface area contributed by atoms with Crippen molar-refractivity contribution >= 4 is 27.4 Å². The van der Waals surface area contributed by atoms with E-state index in [4.69, 9.17) is 0 Å². The number of H-pyrrole nitrogens is 1. The monoisotopic (exact) mass is 336 g/mol. The molecular formula is C15H20N4O3S. The predicted octanol–water partition coefficient (Wildman–Crippen LogP) is 2.33. The molecule has 3 N–H and O–H groups in total. The minimum absolute atomic E-state index is 0.102. The first-order valence-corrected chi connectivity index (χ1v) is 8.89. The van der Waals surface area contributed by atoms with Gasteiger partial charge in [0.25, 0.3) is 5.91 Å². The van der Waals surface area contributed by atoms with Gasteiger partial charge in [-0.1, -0.05) is 26.8 Å². The number of aromatic amines is 1. The van der Waals surface area contributed by atoms with Crippen LogP contribution in [0.25, 0.3) is 0 Å². The molecule has 1 aromatic heterocycles. The van der Waals surface area contributed by atoms with Gasteiger partial charge in [-0.05, 0) is 18.2 Å². The molecular weight excluding hydrogens is 316 g/mol. The Morgan fingerprint density at radius 2 is 1.91 bits per heavy atom. The second-order valence-electron chi connectivity index (χ2n) is 6.33. The van der Waals surface area contributed by atoms with Crippen molar-refractivity contribution in [3.8, 4) is 0 Å². The molecule has 2 rings (SSSR count). The number of rotatable bonds is 4. The van der Waals surface area contributed by atoms with Crippen molar-refractivity contribution in [1.29, 1.82) is 0 Å². The Morgan fingerprint density at radius 3 is 2.48 bits per heavy atom. The minimum Gasteiger partial charge on any atom is -0.305 e. The molecule has 0 saturated carbocycles. The molecule has 0 saturated heterocycles. The smallest absolute Gasteiger partial charge is 0.256 e. The zero-order valence-corrected chi connectivity index (χ0v) is 14.3. The van der Waals surface area contributed by atoms with Crippen LogP contribution in [-0.2, 0) is 15.4 Å². The summed E-state index contributed by atoms with van der Waals surface area (Å²) in [6, 6.07) is 8.02. The molecule has 1 heterocycles. The topological polar surface area (TPSA) is 104 Å². The van der Waals surface area contributed by atoms with E-state index in [-0.39, 0.29) is 11.3 Å². The first-order valence-electron chi connectivity index (χ1n) is 7.00. The van der Waals surface area contributed by atoms with Crippen molar-refractivity contribution in [2.24, 2.45) is 0 Å². The van der Waals surface area contributed by atoms with Gasteiger partial charge in [0.2, 0.25) is 10.0 Å². The first kappa shape index (κ1) is 17.0. The Labute approximate surface area is 135 Å². The van der Waals surface area contributed by atoms with Crippen LogP contribution in [0.2, 0.25) is 0 Å². The van der Waals surface area contributed by atoms with Crippen LogP contribution in [0.3, 0.4) is 0 Å². The van der Waals surface area contributed by atoms with E-state index in [2.05, 4.69) is 20.2 Å². The summed E-state index contributed by atoms with van der Waals surface area (Å²) in [6.45, 7) is 6.10. The average molecular weight is 336 g/mol. The molecule has 1 amide bonds. The number of nitrogens with one attached hydrogen (secondary N) is 3. The molecule has 2 aromatic rings. The number of benzene rings is 1. The maximum Gasteiger partial charge on any atom is 0.256 e. The fraction of sp³-hybridized carbons (Fsp3) is 0.333. The van der Waals surface area contributed by atoms with Gasteiger partial charge in [-0.2, -0.15) is 5.10 Å². The molecule has 0 fully saturated rings. The first-order chi connectivity index (χ1) is 10.5. The lowest BCUT2D eigenvalue weighted by molar-refractivity contribution is 0.102. The number of nitrogens with zero attached hydrogens (tertiary/aromatic N) is 1. The molecule has 0 aliphatic rings. The van der Waals surface area contributed by atoms with Crippen LogP contribution >= 0.6 is 0 Å². The van der Waals surface area contributed by atoms with Gasteiger partial charge in [-0.25, -0.2) is 8.42 Å². The van der Waals surface area contributed by atoms with Gasteiger partial charge in [-0.15, -0.1) is 0 Å². The van der Waals surface area contributed by atoms with E-state index < -0.39 is 10.0 Å². The maximum absolute atomic E-state index is 12.2. The summed E-state index contributed by atoms with van der Waals surface area (Å²) in [5.74, 6) is 0.0514. The molecule has 0 bridgehead atoms. The Hall–Kier alpha value is -2.35. The summed E-state index contributed by atoms with van der Waals surface area (Å²) in [5, 5.41) is 9.63. The van der Waals surface area contributed by atoms with Crippen LogP contribution in [-0.4, -0.2) is 30.8 Å². The summed E-state index contributed by atoms with van der Waals surface area (Å²) in [4.78, 5) is 12.2. The molecule has 7 nitrogen and oxygen atoms in total. The largest absolute Gasteiger partial charge is 0.305 e. The SMILES string of the molecule is CC(C)(C)c1cc(NC(=O)c2cccc(NS(C)(=O)=O)c2)n[nH]1. The Kier molecular flexibility index (Phi) is 4.46. The van der Waals surface area contributed by atoms with E-state index in [9.17, 15) is 13.2 Å². The highest BCUT2D eigenvalue weighted by Crippen LogP contribution is 2.22. The van der Waals surface area contributed by atoms with Crippen LogP contribution in [0, 0.1) is 0 Å². The second-order valence-corrected chi connectivity index (χ2v) is 8.07. The molecule has 0 aliphatic carbocycles. The third kappa shape index (κ3) is 4.82. The van der Waals surface area contributed by atoms with Crippen LogP contribution in [0.5, 0.6) is 0 Å². The number of carbonyl (C=O) groups excluding carboxylic acids is 1. The molecule has 1 aromatic carbocycles. The Balaban J connectivity index is 2.15. The number of anilines is 2. The quantitative estimate of drug-likeness (QED) is 0.797. The van der Waals surface area contributed by atoms with Crippen LogP contribution in [0.15, 0.2) is 30.3 Å². The lowest BCUT2D eigenvalue weighted by Crippen LogP contribution is -2.14. The number of sulfonamides is 1. The number of hydrogen-bond acceptors (Lipinski definition) is 4. The van der Waals surface area contributed by atoms with Gasteiger partial charge in [0.15, 0.2) is 5.82 Å². The molecule has 124 valence electrons. The van der Waals surface area contributed by atoms with E-state index in [0.717, 1.165) is 11.9 Å². The van der Waals surface area contributed by atoms with Crippen molar-refractivity contribution in [2.75, 3.05) is 16.3 Å². The summed E-state index contributed by atoms with van der Waals surface area (Å²) in [6.07, 6.45) is 1.05. The van der Waals surface area contributed by atoms with Gasteiger partial charge in [0, 0.05) is 28.4 Å². The molecule has 0 spiro atoms. The van der Waals surface area contributed by atoms with E-state index >= 15 is 0 Å². The molecule has 23 heavy (non-hydrogen) atoms. The van der Waals surface area contributed by atoms with E-state index in [1.807, 2.05) is 20.8 Å². The number of aromatic nitrogens is 2. The van der Waals surface area contributed by atoms with Crippen molar-refractivity contribution in [3.63, 3.8) is 0 Å². The lowest BCUT2D eigenvalue weighted by Gasteiger charge is -2.14. The van der Waals surface area contributed by atoms with Gasteiger partial charge in [-0.3, -0.25) is 14.6 Å². The van der Waals surface area contributed by atoms with Crippen molar-refractivity contribution in [2.45, 2.75) is 26.2 Å². The number of amides is 1. The molecule has 0 radical (unpaired) electrons. The Morgan fingerprint density at radius 1 is 1.22 bits per heavy atom. The summed E-state index contributed by atoms with van der Waals surface area (Å²) in [7, 11) is -3.39. The van der Waals surface area contributed by atoms with Crippen molar-refractivity contribution in [3.05, 3.63) is 41.6 Å². The zero-order valence-electron chi connectivity index (χ0n) is 13.5. The van der Waals surface area contributed by atoms with Crippen LogP contribution in [0.1, 0.15) is 36.8 Å². The average Bonchev–Trinajstić information content (AvgIpc) is 2.85. The lowest BCUT2D eigenvalue weighted by atomic mass is 9.92. The van der Waals surface area contributed by atoms with Crippen molar-refractivity contribution in [1.82, 2.24) is 10.2 Å². The third-order valence-corrected chi connectivity index (χ3v) is 3.66. The van der Waals surface area contributed by atoms with E-state index in [0.29, 0.717) is 17.1 Å². The minimum atomic E-state index is -3.39. The number of hydrogen-bond donors (Lipinski definition) is 3. The van der Waals surface area contributed by atoms with Crippen LogP contribution in [0.4, 0.5) is 11.5 Å². The molecule has 0 unspecified atom stereocenters. The van der Waals surface area contributed by atoms with Gasteiger partial charge < -0.3 is 5.32 Å². The maximum atomic E-state index is 12.2. The normalized spacial score (nSPS) is 12.0. The fourth-order valence-corrected chi connectivity index (χ4v) is 2.45. The van der Waals surface area contributed by atoms with E-state index in [1.54, 1.807) is 24.3 Å². The van der Waals surface area contributed by atoms with Crippen molar-refractivity contribution < 1.29 is 13.2 Å². The third-order valence-electron chi connectivity index (χ3n) is 3.06. The standard InChI is InChI=1S/C15H20N4O3S/c1-15(2,3)12-9-13(18-17-12)16-14(20)10-6-5-7-11(8-10)19-23(4,21)22/h5-9,19H,1-4H3,(H2,16,17,18,20). The zero-order chi connectivity index (χ0) is 17.3. The highest BCUT2D eigenvalue weighted by molar-refractivity contribution is 7.92. The highest BCUT2D eigenvalue weighted by atomic mass is 32.2. The van der Waals surface area contributed by atoms with Gasteiger partial charge in [0.1, 0.15) is 0 Å².